The Morgan fingerprint density at radius 1 is 0.833 bits per heavy atom. The predicted molar refractivity (Wildman–Crippen MR) is 147 cm³/mol. The Bertz CT molecular complexity index is 1120. The van der Waals surface area contributed by atoms with Gasteiger partial charge < -0.3 is 9.64 Å². The van der Waals surface area contributed by atoms with Crippen LogP contribution >= 0.6 is 0 Å². The van der Waals surface area contributed by atoms with Crippen LogP contribution in [0.5, 0.6) is 0 Å². The normalized spacial score (nSPS) is 21.8. The molecule has 2 aliphatic heterocycles. The third kappa shape index (κ3) is 5.65. The first-order valence-electron chi connectivity index (χ1n) is 13.3. The number of hydrogen-bond donors (Lipinski definition) is 0. The molecule has 3 aromatic rings. The van der Waals surface area contributed by atoms with Crippen LogP contribution in [0, 0.1) is 0 Å². The molecule has 0 aromatic heterocycles. The minimum absolute atomic E-state index is 0.273. The number of carbonyl (C=O) groups is 1. The lowest BCUT2D eigenvalue weighted by Gasteiger charge is -2.44. The Labute approximate surface area is 215 Å². The van der Waals surface area contributed by atoms with E-state index in [4.69, 9.17) is 4.74 Å². The highest BCUT2D eigenvalue weighted by atomic mass is 16.6. The zero-order valence-corrected chi connectivity index (χ0v) is 21.8. The summed E-state index contributed by atoms with van der Waals surface area (Å²) in [6.07, 6.45) is 6.02. The number of ether oxygens (including phenoxy) is 1. The average Bonchev–Trinajstić information content (AvgIpc) is 3.11. The van der Waals surface area contributed by atoms with E-state index in [1.807, 2.05) is 32.9 Å². The molecule has 0 spiro atoms. The van der Waals surface area contributed by atoms with Crippen LogP contribution in [-0.2, 0) is 11.2 Å². The number of piperidine rings is 1. The monoisotopic (exact) mass is 482 g/mol. The topological polar surface area (TPSA) is 32.8 Å². The lowest BCUT2D eigenvalue weighted by molar-refractivity contribution is 0.00695. The van der Waals surface area contributed by atoms with Gasteiger partial charge in [0.1, 0.15) is 5.60 Å². The fourth-order valence-electron chi connectivity index (χ4n) is 5.98. The van der Waals surface area contributed by atoms with Crippen molar-refractivity contribution in [3.05, 3.63) is 96.1 Å². The number of nitrogens with zero attached hydrogens (tertiary/aromatic N) is 2. The Morgan fingerprint density at radius 3 is 1.97 bits per heavy atom. The van der Waals surface area contributed by atoms with E-state index in [-0.39, 0.29) is 5.97 Å². The van der Waals surface area contributed by atoms with Gasteiger partial charge in [0.15, 0.2) is 0 Å². The van der Waals surface area contributed by atoms with E-state index in [0.717, 1.165) is 31.5 Å². The molecule has 2 aliphatic rings. The van der Waals surface area contributed by atoms with Crippen LogP contribution in [0.3, 0.4) is 0 Å². The van der Waals surface area contributed by atoms with E-state index in [9.17, 15) is 4.79 Å². The van der Waals surface area contributed by atoms with Gasteiger partial charge in [0.05, 0.1) is 5.56 Å². The van der Waals surface area contributed by atoms with Crippen LogP contribution < -0.4 is 4.90 Å². The van der Waals surface area contributed by atoms with Crippen molar-refractivity contribution in [2.75, 3.05) is 11.4 Å². The minimum atomic E-state index is -0.500. The number of hydrogen-bond acceptors (Lipinski definition) is 4. The predicted octanol–water partition coefficient (Wildman–Crippen LogP) is 7.02. The van der Waals surface area contributed by atoms with Gasteiger partial charge in [0.25, 0.3) is 0 Å². The third-order valence-electron chi connectivity index (χ3n) is 7.54. The van der Waals surface area contributed by atoms with Crippen molar-refractivity contribution < 1.29 is 9.53 Å². The van der Waals surface area contributed by atoms with Gasteiger partial charge in [-0.1, -0.05) is 48.5 Å². The van der Waals surface area contributed by atoms with Crippen molar-refractivity contribution >= 4 is 17.3 Å². The SMILES string of the molecule is CC(C)(C)OC(=O)c1ccc(N(c2ccccc2)C2C[C@H]3CC[C@@H](C2)N3CCc2ccccc2)cc1. The second-order valence-corrected chi connectivity index (χ2v) is 11.2. The molecule has 2 bridgehead atoms. The summed E-state index contributed by atoms with van der Waals surface area (Å²) in [5.41, 5.74) is 3.87. The lowest BCUT2D eigenvalue weighted by Crippen LogP contribution is -2.50. The van der Waals surface area contributed by atoms with Gasteiger partial charge in [-0.3, -0.25) is 4.90 Å². The highest BCUT2D eigenvalue weighted by Gasteiger charge is 2.42. The van der Waals surface area contributed by atoms with Crippen molar-refractivity contribution in [2.45, 2.75) is 76.6 Å². The molecular weight excluding hydrogens is 444 g/mol. The van der Waals surface area contributed by atoms with Gasteiger partial charge in [0.2, 0.25) is 0 Å². The zero-order chi connectivity index (χ0) is 25.1. The summed E-state index contributed by atoms with van der Waals surface area (Å²) in [7, 11) is 0. The molecule has 0 saturated carbocycles. The first kappa shape index (κ1) is 24.6. The molecule has 188 valence electrons. The molecule has 4 nitrogen and oxygen atoms in total. The van der Waals surface area contributed by atoms with Gasteiger partial charge in [-0.2, -0.15) is 0 Å². The Balaban J connectivity index is 1.34. The summed E-state index contributed by atoms with van der Waals surface area (Å²) in [6, 6.07) is 31.2. The quantitative estimate of drug-likeness (QED) is 0.339. The molecule has 0 radical (unpaired) electrons. The first-order valence-corrected chi connectivity index (χ1v) is 13.3. The van der Waals surface area contributed by atoms with Crippen LogP contribution in [0.1, 0.15) is 62.4 Å². The van der Waals surface area contributed by atoms with E-state index < -0.39 is 5.60 Å². The molecule has 0 amide bonds. The minimum Gasteiger partial charge on any atom is -0.456 e. The van der Waals surface area contributed by atoms with Crippen molar-refractivity contribution in [3.8, 4) is 0 Å². The third-order valence-corrected chi connectivity index (χ3v) is 7.54. The van der Waals surface area contributed by atoms with Crippen LogP contribution in [0.4, 0.5) is 11.4 Å². The maximum atomic E-state index is 12.6. The fraction of sp³-hybridized carbons (Fsp3) is 0.406. The molecule has 36 heavy (non-hydrogen) atoms. The number of fused-ring (bicyclic) bond motifs is 2. The highest BCUT2D eigenvalue weighted by Crippen LogP contribution is 2.41. The number of para-hydroxylation sites is 1. The second-order valence-electron chi connectivity index (χ2n) is 11.2. The zero-order valence-electron chi connectivity index (χ0n) is 21.8. The fourth-order valence-corrected chi connectivity index (χ4v) is 5.98. The highest BCUT2D eigenvalue weighted by molar-refractivity contribution is 5.90. The molecule has 0 aliphatic carbocycles. The van der Waals surface area contributed by atoms with E-state index >= 15 is 0 Å². The van der Waals surface area contributed by atoms with Gasteiger partial charge in [-0.05, 0) is 94.8 Å². The number of esters is 1. The first-order chi connectivity index (χ1) is 17.4. The van der Waals surface area contributed by atoms with E-state index in [2.05, 4.69) is 82.6 Å². The second kappa shape index (κ2) is 10.5. The van der Waals surface area contributed by atoms with Gasteiger partial charge in [-0.15, -0.1) is 0 Å². The maximum Gasteiger partial charge on any atom is 0.338 e. The summed E-state index contributed by atoms with van der Waals surface area (Å²) in [6.45, 7) is 6.84. The number of carbonyl (C=O) groups excluding carboxylic acids is 1. The Kier molecular flexibility index (Phi) is 7.15. The average molecular weight is 483 g/mol. The lowest BCUT2D eigenvalue weighted by atomic mass is 9.94. The molecular formula is C32H38N2O2. The largest absolute Gasteiger partial charge is 0.456 e. The van der Waals surface area contributed by atoms with Crippen molar-refractivity contribution in [1.29, 1.82) is 0 Å². The number of rotatable bonds is 7. The van der Waals surface area contributed by atoms with Gasteiger partial charge >= 0.3 is 5.97 Å². The van der Waals surface area contributed by atoms with Crippen molar-refractivity contribution in [1.82, 2.24) is 4.90 Å². The van der Waals surface area contributed by atoms with Crippen molar-refractivity contribution in [3.63, 3.8) is 0 Å². The van der Waals surface area contributed by atoms with Gasteiger partial charge in [0, 0.05) is 36.0 Å². The summed E-state index contributed by atoms with van der Waals surface area (Å²) >= 11 is 0. The number of anilines is 2. The van der Waals surface area contributed by atoms with E-state index in [1.165, 1.54) is 24.1 Å². The van der Waals surface area contributed by atoms with E-state index in [0.29, 0.717) is 23.7 Å². The Hall–Kier alpha value is -3.11. The Morgan fingerprint density at radius 2 is 1.39 bits per heavy atom. The van der Waals surface area contributed by atoms with Gasteiger partial charge in [-0.25, -0.2) is 4.79 Å². The summed E-state index contributed by atoms with van der Waals surface area (Å²) in [5, 5.41) is 0. The maximum absolute atomic E-state index is 12.6. The summed E-state index contributed by atoms with van der Waals surface area (Å²) in [5.74, 6) is -0.273. The van der Waals surface area contributed by atoms with Crippen LogP contribution in [0.25, 0.3) is 0 Å². The standard InChI is InChI=1S/C32H38N2O2/c1-32(2,3)36-31(35)25-14-16-27(17-15-25)34(26-12-8-5-9-13-26)30-22-28-18-19-29(23-30)33(28)21-20-24-10-6-4-7-11-24/h4-17,28-30H,18-23H2,1-3H3/t28-,29+,30?. The molecule has 1 unspecified atom stereocenters. The molecule has 3 atom stereocenters. The smallest absolute Gasteiger partial charge is 0.338 e. The molecule has 4 heteroatoms. The van der Waals surface area contributed by atoms with Crippen LogP contribution in [-0.4, -0.2) is 41.1 Å². The van der Waals surface area contributed by atoms with Crippen LogP contribution in [0.2, 0.25) is 0 Å². The molecule has 2 saturated heterocycles. The summed E-state index contributed by atoms with van der Waals surface area (Å²) < 4.78 is 5.57. The summed E-state index contributed by atoms with van der Waals surface area (Å²) in [4.78, 5) is 17.8. The molecule has 0 N–H and O–H groups in total. The molecule has 2 fully saturated rings. The van der Waals surface area contributed by atoms with Crippen molar-refractivity contribution in [2.24, 2.45) is 0 Å². The van der Waals surface area contributed by atoms with Crippen LogP contribution in [0.15, 0.2) is 84.9 Å². The molecule has 5 rings (SSSR count). The molecule has 2 heterocycles. The molecule has 3 aromatic carbocycles. The number of benzene rings is 3. The van der Waals surface area contributed by atoms with E-state index in [1.54, 1.807) is 0 Å².